The van der Waals surface area contributed by atoms with E-state index in [4.69, 9.17) is 9.40 Å². The SMILES string of the molecule is CCN(CC)C(c1nc(Cc2ccccc2)c(NC(C)Cc2ccccc2)o1)C1CCC(Cc2sccc2N(C)C)CC1. The quantitative estimate of drug-likeness (QED) is 0.157. The third-order valence-electron chi connectivity index (χ3n) is 9.16. The summed E-state index contributed by atoms with van der Waals surface area (Å²) < 4.78 is 6.78. The number of anilines is 2. The maximum atomic E-state index is 6.78. The van der Waals surface area contributed by atoms with Gasteiger partial charge in [-0.1, -0.05) is 74.5 Å². The Kier molecular flexibility index (Phi) is 11.0. The summed E-state index contributed by atoms with van der Waals surface area (Å²) >= 11 is 1.92. The van der Waals surface area contributed by atoms with Gasteiger partial charge in [0.15, 0.2) is 0 Å². The summed E-state index contributed by atoms with van der Waals surface area (Å²) in [5, 5.41) is 5.97. The van der Waals surface area contributed by atoms with E-state index in [1.54, 1.807) is 0 Å². The van der Waals surface area contributed by atoms with Gasteiger partial charge in [-0.3, -0.25) is 4.90 Å². The predicted molar refractivity (Wildman–Crippen MR) is 182 cm³/mol. The summed E-state index contributed by atoms with van der Waals surface area (Å²) in [7, 11) is 4.32. The van der Waals surface area contributed by atoms with E-state index < -0.39 is 0 Å². The maximum Gasteiger partial charge on any atom is 0.217 e. The van der Waals surface area contributed by atoms with Gasteiger partial charge in [0.05, 0.1) is 11.7 Å². The number of rotatable bonds is 14. The molecule has 2 unspecified atom stereocenters. The minimum Gasteiger partial charge on any atom is -0.423 e. The van der Waals surface area contributed by atoms with Gasteiger partial charge in [0, 0.05) is 31.4 Å². The van der Waals surface area contributed by atoms with Gasteiger partial charge in [-0.25, -0.2) is 4.98 Å². The molecule has 0 saturated heterocycles. The summed E-state index contributed by atoms with van der Waals surface area (Å²) in [5.41, 5.74) is 4.98. The highest BCUT2D eigenvalue weighted by Gasteiger charge is 2.36. The molecule has 2 aromatic heterocycles. The molecule has 2 atom stereocenters. The summed E-state index contributed by atoms with van der Waals surface area (Å²) in [6.07, 6.45) is 7.87. The van der Waals surface area contributed by atoms with Crippen molar-refractivity contribution in [2.24, 2.45) is 11.8 Å². The molecule has 0 aliphatic heterocycles. The topological polar surface area (TPSA) is 44.5 Å². The zero-order valence-corrected chi connectivity index (χ0v) is 27.6. The molecular weight excluding hydrogens is 549 g/mol. The highest BCUT2D eigenvalue weighted by Crippen LogP contribution is 2.43. The molecular formula is C37H50N4OS. The van der Waals surface area contributed by atoms with Gasteiger partial charge in [0.25, 0.3) is 0 Å². The van der Waals surface area contributed by atoms with Crippen LogP contribution in [-0.2, 0) is 19.3 Å². The molecule has 0 bridgehead atoms. The van der Waals surface area contributed by atoms with Crippen LogP contribution in [-0.4, -0.2) is 43.1 Å². The predicted octanol–water partition coefficient (Wildman–Crippen LogP) is 8.87. The zero-order valence-electron chi connectivity index (χ0n) is 26.8. The lowest BCUT2D eigenvalue weighted by atomic mass is 9.76. The van der Waals surface area contributed by atoms with Gasteiger partial charge < -0.3 is 14.6 Å². The lowest BCUT2D eigenvalue weighted by Gasteiger charge is -2.38. The van der Waals surface area contributed by atoms with Gasteiger partial charge >= 0.3 is 0 Å². The first-order valence-corrected chi connectivity index (χ1v) is 17.1. The Hall–Kier alpha value is -3.09. The Morgan fingerprint density at radius 3 is 2.19 bits per heavy atom. The van der Waals surface area contributed by atoms with Gasteiger partial charge in [0.2, 0.25) is 11.8 Å². The number of benzene rings is 2. The first-order valence-electron chi connectivity index (χ1n) is 16.3. The molecule has 6 heteroatoms. The van der Waals surface area contributed by atoms with Crippen molar-refractivity contribution < 1.29 is 4.42 Å². The zero-order chi connectivity index (χ0) is 30.2. The number of thiophene rings is 1. The van der Waals surface area contributed by atoms with E-state index in [-0.39, 0.29) is 12.1 Å². The second-order valence-electron chi connectivity index (χ2n) is 12.5. The smallest absolute Gasteiger partial charge is 0.217 e. The van der Waals surface area contributed by atoms with Gasteiger partial charge in [0.1, 0.15) is 5.69 Å². The number of nitrogens with zero attached hydrogens (tertiary/aromatic N) is 3. The van der Waals surface area contributed by atoms with Crippen molar-refractivity contribution in [3.8, 4) is 0 Å². The minimum absolute atomic E-state index is 0.199. The number of oxazole rings is 1. The molecule has 1 aliphatic carbocycles. The van der Waals surface area contributed by atoms with E-state index in [0.29, 0.717) is 5.92 Å². The molecule has 1 aliphatic rings. The monoisotopic (exact) mass is 598 g/mol. The molecule has 5 rings (SSSR count). The standard InChI is InChI=1S/C37H50N4OS/c1-6-41(7-2)35(31-20-18-30(19-21-31)26-34-33(40(4)5)22-23-43-34)37-39-32(25-29-16-12-9-13-17-29)36(42-37)38-27(3)24-28-14-10-8-11-15-28/h8-17,22-23,27,30-31,35,38H,6-7,18-21,24-26H2,1-5H3. The van der Waals surface area contributed by atoms with E-state index in [1.807, 2.05) is 11.3 Å². The fraction of sp³-hybridized carbons (Fsp3) is 0.486. The highest BCUT2D eigenvalue weighted by molar-refractivity contribution is 7.10. The summed E-state index contributed by atoms with van der Waals surface area (Å²) in [6.45, 7) is 8.77. The number of hydrogen-bond donors (Lipinski definition) is 1. The van der Waals surface area contributed by atoms with E-state index >= 15 is 0 Å². The largest absolute Gasteiger partial charge is 0.423 e. The Morgan fingerprint density at radius 2 is 1.56 bits per heavy atom. The molecule has 0 radical (unpaired) electrons. The van der Waals surface area contributed by atoms with Crippen LogP contribution in [0.25, 0.3) is 0 Å². The van der Waals surface area contributed by atoms with Crippen LogP contribution in [0.1, 0.15) is 80.1 Å². The molecule has 2 heterocycles. The van der Waals surface area contributed by atoms with Crippen molar-refractivity contribution in [1.82, 2.24) is 9.88 Å². The molecule has 0 spiro atoms. The van der Waals surface area contributed by atoms with Crippen molar-refractivity contribution in [3.05, 3.63) is 99.7 Å². The van der Waals surface area contributed by atoms with Crippen LogP contribution in [0.5, 0.6) is 0 Å². The van der Waals surface area contributed by atoms with Crippen LogP contribution < -0.4 is 10.2 Å². The maximum absolute atomic E-state index is 6.78. The summed E-state index contributed by atoms with van der Waals surface area (Å²) in [5.74, 6) is 3.02. The molecule has 1 fully saturated rings. The molecule has 1 N–H and O–H groups in total. The molecule has 230 valence electrons. The van der Waals surface area contributed by atoms with Crippen LogP contribution in [0.2, 0.25) is 0 Å². The van der Waals surface area contributed by atoms with Gasteiger partial charge in [-0.2, -0.15) is 0 Å². The van der Waals surface area contributed by atoms with Crippen molar-refractivity contribution in [2.75, 3.05) is 37.4 Å². The van der Waals surface area contributed by atoms with Crippen LogP contribution in [0.4, 0.5) is 11.6 Å². The average molecular weight is 599 g/mol. The first kappa shape index (κ1) is 31.3. The molecule has 43 heavy (non-hydrogen) atoms. The molecule has 4 aromatic rings. The Bertz CT molecular complexity index is 1370. The van der Waals surface area contributed by atoms with Crippen molar-refractivity contribution in [1.29, 1.82) is 0 Å². The number of aromatic nitrogens is 1. The molecule has 0 amide bonds. The lowest BCUT2D eigenvalue weighted by molar-refractivity contribution is 0.0935. The lowest BCUT2D eigenvalue weighted by Crippen LogP contribution is -2.36. The van der Waals surface area contributed by atoms with E-state index in [1.165, 1.54) is 53.8 Å². The minimum atomic E-state index is 0.199. The van der Waals surface area contributed by atoms with Crippen molar-refractivity contribution >= 4 is 22.9 Å². The van der Waals surface area contributed by atoms with Crippen LogP contribution in [0.3, 0.4) is 0 Å². The summed E-state index contributed by atoms with van der Waals surface area (Å²) in [4.78, 5) is 11.7. The average Bonchev–Trinajstić information content (AvgIpc) is 3.64. The Balaban J connectivity index is 1.36. The van der Waals surface area contributed by atoms with Gasteiger partial charge in [-0.15, -0.1) is 11.3 Å². The third kappa shape index (κ3) is 8.10. The van der Waals surface area contributed by atoms with Crippen molar-refractivity contribution in [3.63, 3.8) is 0 Å². The molecule has 5 nitrogen and oxygen atoms in total. The fourth-order valence-corrected chi connectivity index (χ4v) is 7.95. The van der Waals surface area contributed by atoms with E-state index in [0.717, 1.165) is 49.3 Å². The Labute approximate surface area is 263 Å². The number of hydrogen-bond acceptors (Lipinski definition) is 6. The highest BCUT2D eigenvalue weighted by atomic mass is 32.1. The Morgan fingerprint density at radius 1 is 0.907 bits per heavy atom. The van der Waals surface area contributed by atoms with Crippen LogP contribution in [0, 0.1) is 11.8 Å². The van der Waals surface area contributed by atoms with Crippen molar-refractivity contribution in [2.45, 2.75) is 77.8 Å². The summed E-state index contributed by atoms with van der Waals surface area (Å²) in [6, 6.07) is 24.0. The normalized spacial score (nSPS) is 18.5. The van der Waals surface area contributed by atoms with Gasteiger partial charge in [-0.05, 0) is 92.9 Å². The third-order valence-corrected chi connectivity index (χ3v) is 10.1. The van der Waals surface area contributed by atoms with Crippen LogP contribution >= 0.6 is 11.3 Å². The number of nitrogens with one attached hydrogen (secondary N) is 1. The van der Waals surface area contributed by atoms with E-state index in [9.17, 15) is 0 Å². The van der Waals surface area contributed by atoms with Crippen LogP contribution in [0.15, 0.2) is 76.5 Å². The molecule has 2 aromatic carbocycles. The second-order valence-corrected chi connectivity index (χ2v) is 13.5. The molecule has 1 saturated carbocycles. The fourth-order valence-electron chi connectivity index (χ4n) is 6.89. The second kappa shape index (κ2) is 15.1. The first-order chi connectivity index (χ1) is 20.9. The van der Waals surface area contributed by atoms with E-state index in [2.05, 4.69) is 122 Å².